The lowest BCUT2D eigenvalue weighted by molar-refractivity contribution is 0.0601. The number of hydrogen-bond donors (Lipinski definition) is 2. The first-order valence-electron chi connectivity index (χ1n) is 8.07. The zero-order valence-electron chi connectivity index (χ0n) is 14.6. The smallest absolute Gasteiger partial charge is 0.338 e. The van der Waals surface area contributed by atoms with Gasteiger partial charge in [0.05, 0.1) is 18.0 Å². The summed E-state index contributed by atoms with van der Waals surface area (Å²) in [5.74, 6) is 0.153. The molecule has 6 heteroatoms. The average molecular weight is 362 g/mol. The maximum Gasteiger partial charge on any atom is 0.338 e. The lowest BCUT2D eigenvalue weighted by atomic mass is 9.91. The zero-order chi connectivity index (χ0) is 18.3. The number of nitrogens with one attached hydrogen (secondary N) is 1. The van der Waals surface area contributed by atoms with Gasteiger partial charge in [-0.25, -0.2) is 4.79 Å². The molecule has 0 bridgehead atoms. The SMILES string of the molecule is COC(=O)c1ccccc1-c1c2ccc(=N)cc-2oc2cc(N)ccc12.O. The topological polar surface area (TPSA) is 121 Å². The first kappa shape index (κ1) is 18.2. The number of nitrogens with two attached hydrogens (primary N) is 1. The number of carbonyl (C=O) groups is 1. The van der Waals surface area contributed by atoms with Crippen molar-refractivity contribution < 1.29 is 19.4 Å². The molecule has 2 aliphatic rings. The van der Waals surface area contributed by atoms with Crippen molar-refractivity contribution in [3.05, 3.63) is 71.6 Å². The van der Waals surface area contributed by atoms with Crippen LogP contribution < -0.4 is 11.1 Å². The fourth-order valence-electron chi connectivity index (χ4n) is 3.19. The lowest BCUT2D eigenvalue weighted by Crippen LogP contribution is -2.05. The summed E-state index contributed by atoms with van der Waals surface area (Å²) in [6.07, 6.45) is 0. The van der Waals surface area contributed by atoms with Crippen molar-refractivity contribution in [2.24, 2.45) is 0 Å². The Morgan fingerprint density at radius 1 is 1.04 bits per heavy atom. The van der Waals surface area contributed by atoms with E-state index in [1.54, 1.807) is 36.4 Å². The maximum absolute atomic E-state index is 12.3. The van der Waals surface area contributed by atoms with Gasteiger partial charge in [-0.2, -0.15) is 0 Å². The van der Waals surface area contributed by atoms with Crippen LogP contribution in [0.15, 0.2) is 65.1 Å². The van der Waals surface area contributed by atoms with Crippen LogP contribution >= 0.6 is 0 Å². The summed E-state index contributed by atoms with van der Waals surface area (Å²) in [5.41, 5.74) is 9.96. The molecule has 0 saturated carbocycles. The van der Waals surface area contributed by atoms with Crippen molar-refractivity contribution in [3.8, 4) is 22.5 Å². The van der Waals surface area contributed by atoms with Gasteiger partial charge in [0, 0.05) is 34.3 Å². The van der Waals surface area contributed by atoms with Crippen LogP contribution in [0.1, 0.15) is 10.4 Å². The number of fused-ring (bicyclic) bond motifs is 2. The normalized spacial score (nSPS) is 10.6. The van der Waals surface area contributed by atoms with Gasteiger partial charge in [-0.15, -0.1) is 0 Å². The summed E-state index contributed by atoms with van der Waals surface area (Å²) in [6, 6.07) is 17.9. The summed E-state index contributed by atoms with van der Waals surface area (Å²) in [6.45, 7) is 0. The van der Waals surface area contributed by atoms with E-state index in [0.29, 0.717) is 28.0 Å². The summed E-state index contributed by atoms with van der Waals surface area (Å²) >= 11 is 0. The van der Waals surface area contributed by atoms with Crippen LogP contribution in [-0.2, 0) is 4.74 Å². The molecular formula is C21H18N2O4. The van der Waals surface area contributed by atoms with Crippen LogP contribution in [0.2, 0.25) is 0 Å². The number of hydrogen-bond acceptors (Lipinski definition) is 5. The Labute approximate surface area is 155 Å². The minimum atomic E-state index is -0.407. The van der Waals surface area contributed by atoms with Crippen LogP contribution in [0.4, 0.5) is 5.69 Å². The summed E-state index contributed by atoms with van der Waals surface area (Å²) in [4.78, 5) is 12.3. The predicted molar refractivity (Wildman–Crippen MR) is 103 cm³/mol. The number of carbonyl (C=O) groups excluding carboxylic acids is 1. The number of methoxy groups -OCH3 is 1. The minimum absolute atomic E-state index is 0. The fraction of sp³-hybridized carbons (Fsp3) is 0.0476. The average Bonchev–Trinajstić information content (AvgIpc) is 2.65. The third-order valence-corrected chi connectivity index (χ3v) is 4.35. The van der Waals surface area contributed by atoms with Crippen molar-refractivity contribution in [1.29, 1.82) is 5.41 Å². The van der Waals surface area contributed by atoms with Crippen LogP contribution in [0.5, 0.6) is 0 Å². The first-order valence-corrected chi connectivity index (χ1v) is 8.07. The van der Waals surface area contributed by atoms with E-state index in [-0.39, 0.29) is 5.48 Å². The highest BCUT2D eigenvalue weighted by molar-refractivity contribution is 6.08. The molecule has 27 heavy (non-hydrogen) atoms. The molecule has 0 saturated heterocycles. The van der Waals surface area contributed by atoms with Crippen molar-refractivity contribution in [3.63, 3.8) is 0 Å². The number of esters is 1. The van der Waals surface area contributed by atoms with Crippen molar-refractivity contribution in [2.45, 2.75) is 0 Å². The van der Waals surface area contributed by atoms with Gasteiger partial charge in [0.2, 0.25) is 0 Å². The Hall–Kier alpha value is -3.64. The summed E-state index contributed by atoms with van der Waals surface area (Å²) < 4.78 is 10.9. The van der Waals surface area contributed by atoms with Gasteiger partial charge >= 0.3 is 5.97 Å². The number of nitrogen functional groups attached to an aromatic ring is 1. The number of benzene rings is 3. The first-order chi connectivity index (χ1) is 12.6. The Morgan fingerprint density at radius 2 is 1.81 bits per heavy atom. The third kappa shape index (κ3) is 3.02. The van der Waals surface area contributed by atoms with Crippen molar-refractivity contribution >= 4 is 22.6 Å². The second-order valence-corrected chi connectivity index (χ2v) is 5.98. The number of anilines is 1. The largest absolute Gasteiger partial charge is 0.465 e. The second-order valence-electron chi connectivity index (χ2n) is 5.98. The van der Waals surface area contributed by atoms with Crippen LogP contribution in [0.3, 0.4) is 0 Å². The van der Waals surface area contributed by atoms with E-state index in [9.17, 15) is 4.79 Å². The van der Waals surface area contributed by atoms with E-state index < -0.39 is 5.97 Å². The van der Waals surface area contributed by atoms with Crippen molar-refractivity contribution in [1.82, 2.24) is 0 Å². The summed E-state index contributed by atoms with van der Waals surface area (Å²) in [7, 11) is 1.36. The fourth-order valence-corrected chi connectivity index (χ4v) is 3.19. The molecule has 4 rings (SSSR count). The molecule has 136 valence electrons. The zero-order valence-corrected chi connectivity index (χ0v) is 14.6. The molecule has 1 aliphatic carbocycles. The van der Waals surface area contributed by atoms with Gasteiger partial charge in [-0.1, -0.05) is 18.2 Å². The van der Waals surface area contributed by atoms with Crippen molar-refractivity contribution in [2.75, 3.05) is 12.8 Å². The van der Waals surface area contributed by atoms with E-state index in [4.69, 9.17) is 20.3 Å². The Bertz CT molecular complexity index is 1180. The van der Waals surface area contributed by atoms with Gasteiger partial charge < -0.3 is 25.8 Å². The van der Waals surface area contributed by atoms with Crippen LogP contribution in [0.25, 0.3) is 33.4 Å². The molecule has 6 nitrogen and oxygen atoms in total. The number of ether oxygens (including phenoxy) is 1. The Kier molecular flexibility index (Phi) is 4.66. The van der Waals surface area contributed by atoms with Gasteiger partial charge in [0.25, 0.3) is 0 Å². The molecular weight excluding hydrogens is 344 g/mol. The number of rotatable bonds is 2. The molecule has 0 unspecified atom stereocenters. The monoisotopic (exact) mass is 362 g/mol. The molecule has 1 aliphatic heterocycles. The molecule has 0 aromatic heterocycles. The molecule has 5 N–H and O–H groups in total. The lowest BCUT2D eigenvalue weighted by Gasteiger charge is -2.17. The van der Waals surface area contributed by atoms with E-state index in [2.05, 4.69) is 0 Å². The Morgan fingerprint density at radius 3 is 2.59 bits per heavy atom. The van der Waals surface area contributed by atoms with E-state index >= 15 is 0 Å². The minimum Gasteiger partial charge on any atom is -0.465 e. The second kappa shape index (κ2) is 6.93. The quantitative estimate of drug-likeness (QED) is 0.323. The van der Waals surface area contributed by atoms with Gasteiger partial charge in [-0.3, -0.25) is 0 Å². The van der Waals surface area contributed by atoms with Crippen LogP contribution in [-0.4, -0.2) is 18.6 Å². The van der Waals surface area contributed by atoms with Gasteiger partial charge in [-0.05, 0) is 35.9 Å². The van der Waals surface area contributed by atoms with E-state index in [1.165, 1.54) is 7.11 Å². The molecule has 0 fully saturated rings. The molecule has 0 atom stereocenters. The van der Waals surface area contributed by atoms with E-state index in [0.717, 1.165) is 22.1 Å². The standard InChI is InChI=1S/C21H16N2O3.H2O/c1-25-21(24)15-5-3-2-4-14(15)20-16-8-6-12(22)10-18(16)26-19-11-13(23)7-9-17(19)20;/h2-11,22H,23H2,1H3;1H2. The molecule has 0 spiro atoms. The van der Waals surface area contributed by atoms with E-state index in [1.807, 2.05) is 24.3 Å². The van der Waals surface area contributed by atoms with Gasteiger partial charge in [0.1, 0.15) is 11.3 Å². The highest BCUT2D eigenvalue weighted by atomic mass is 16.5. The maximum atomic E-state index is 12.3. The molecule has 2 aromatic carbocycles. The van der Waals surface area contributed by atoms with Crippen LogP contribution in [0, 0.1) is 5.41 Å². The van der Waals surface area contributed by atoms with Gasteiger partial charge in [0.15, 0.2) is 0 Å². The highest BCUT2D eigenvalue weighted by Crippen LogP contribution is 2.41. The molecule has 2 aromatic rings. The predicted octanol–water partition coefficient (Wildman–Crippen LogP) is 3.23. The molecule has 1 heterocycles. The Balaban J connectivity index is 0.00000210. The molecule has 0 radical (unpaired) electrons. The third-order valence-electron chi connectivity index (χ3n) is 4.35. The summed E-state index contributed by atoms with van der Waals surface area (Å²) in [5, 5.41) is 9.06. The highest BCUT2D eigenvalue weighted by Gasteiger charge is 2.21. The molecule has 0 amide bonds.